The van der Waals surface area contributed by atoms with E-state index in [-0.39, 0.29) is 6.04 Å². The van der Waals surface area contributed by atoms with Crippen LogP contribution in [0, 0.1) is 0 Å². The minimum absolute atomic E-state index is 0.228. The van der Waals surface area contributed by atoms with Crippen molar-refractivity contribution in [2.45, 2.75) is 46.6 Å². The van der Waals surface area contributed by atoms with Crippen molar-refractivity contribution < 1.29 is 0 Å². The number of nitrogens with two attached hydrogens (primary N) is 1. The van der Waals surface area contributed by atoms with E-state index in [4.69, 9.17) is 5.73 Å². The van der Waals surface area contributed by atoms with E-state index in [0.29, 0.717) is 6.54 Å². The highest BCUT2D eigenvalue weighted by Gasteiger charge is 2.18. The van der Waals surface area contributed by atoms with E-state index in [1.807, 2.05) is 20.8 Å². The molecule has 0 heterocycles. The lowest BCUT2D eigenvalue weighted by atomic mass is 10.0. The molecule has 104 valence electrons. The Morgan fingerprint density at radius 3 is 2.68 bits per heavy atom. The van der Waals surface area contributed by atoms with Gasteiger partial charge < -0.3 is 5.73 Å². The molecule has 0 saturated carbocycles. The lowest BCUT2D eigenvalue weighted by Gasteiger charge is -2.07. The van der Waals surface area contributed by atoms with Gasteiger partial charge in [0, 0.05) is 11.8 Å². The Bertz CT molecular complexity index is 472. The lowest BCUT2D eigenvalue weighted by molar-refractivity contribution is 0.713. The van der Waals surface area contributed by atoms with Gasteiger partial charge in [-0.05, 0) is 49.4 Å². The van der Waals surface area contributed by atoms with Crippen molar-refractivity contribution in [3.63, 3.8) is 0 Å². The summed E-state index contributed by atoms with van der Waals surface area (Å²) < 4.78 is 0. The first-order valence-electron chi connectivity index (χ1n) is 7.12. The van der Waals surface area contributed by atoms with Gasteiger partial charge in [-0.25, -0.2) is 0 Å². The van der Waals surface area contributed by atoms with Crippen molar-refractivity contribution in [2.24, 2.45) is 10.7 Å². The van der Waals surface area contributed by atoms with E-state index in [9.17, 15) is 0 Å². The van der Waals surface area contributed by atoms with Crippen LogP contribution in [0.15, 0.2) is 35.3 Å². The van der Waals surface area contributed by atoms with Gasteiger partial charge in [0.25, 0.3) is 0 Å². The molecule has 0 bridgehead atoms. The summed E-state index contributed by atoms with van der Waals surface area (Å²) in [5, 5.41) is 0. The van der Waals surface area contributed by atoms with Gasteiger partial charge in [-0.3, -0.25) is 4.99 Å². The maximum Gasteiger partial charge on any atom is 0.0597 e. The SMILES string of the molecule is C=C(C)CN=C(C)c1ccc2c(c1)CCC2N.CC. The second-order valence-electron chi connectivity index (χ2n) is 4.92. The van der Waals surface area contributed by atoms with Crippen molar-refractivity contribution in [3.8, 4) is 0 Å². The van der Waals surface area contributed by atoms with E-state index in [1.54, 1.807) is 0 Å². The molecule has 0 fully saturated rings. The van der Waals surface area contributed by atoms with Crippen molar-refractivity contribution in [1.29, 1.82) is 0 Å². The monoisotopic (exact) mass is 258 g/mol. The lowest BCUT2D eigenvalue weighted by Crippen LogP contribution is -2.05. The summed E-state index contributed by atoms with van der Waals surface area (Å²) in [6.45, 7) is 12.6. The summed E-state index contributed by atoms with van der Waals surface area (Å²) >= 11 is 0. The Morgan fingerprint density at radius 2 is 2.05 bits per heavy atom. The molecule has 2 nitrogen and oxygen atoms in total. The molecule has 1 aromatic rings. The molecular weight excluding hydrogens is 232 g/mol. The number of fused-ring (bicyclic) bond motifs is 1. The number of aliphatic imine (C=N–C) groups is 1. The number of hydrogen-bond donors (Lipinski definition) is 1. The van der Waals surface area contributed by atoms with Crippen LogP contribution in [0.2, 0.25) is 0 Å². The molecule has 0 aliphatic heterocycles. The maximum absolute atomic E-state index is 6.03. The highest BCUT2D eigenvalue weighted by Crippen LogP contribution is 2.29. The number of hydrogen-bond acceptors (Lipinski definition) is 2. The molecule has 2 N–H and O–H groups in total. The van der Waals surface area contributed by atoms with Gasteiger partial charge in [0.15, 0.2) is 0 Å². The predicted molar refractivity (Wildman–Crippen MR) is 84.9 cm³/mol. The van der Waals surface area contributed by atoms with Crippen LogP contribution < -0.4 is 5.73 Å². The predicted octanol–water partition coefficient (Wildman–Crippen LogP) is 4.04. The van der Waals surface area contributed by atoms with E-state index in [2.05, 4.69) is 36.7 Å². The minimum Gasteiger partial charge on any atom is -0.324 e. The highest BCUT2D eigenvalue weighted by atomic mass is 14.7. The van der Waals surface area contributed by atoms with Gasteiger partial charge in [-0.15, -0.1) is 0 Å². The van der Waals surface area contributed by atoms with Crippen LogP contribution in [0.3, 0.4) is 0 Å². The first-order chi connectivity index (χ1) is 9.08. The Balaban J connectivity index is 0.000000861. The topological polar surface area (TPSA) is 38.4 Å². The molecule has 0 saturated heterocycles. The molecule has 0 amide bonds. The summed E-state index contributed by atoms with van der Waals surface area (Å²) in [7, 11) is 0. The van der Waals surface area contributed by atoms with Crippen LogP contribution >= 0.6 is 0 Å². The van der Waals surface area contributed by atoms with Gasteiger partial charge in [0.2, 0.25) is 0 Å². The summed E-state index contributed by atoms with van der Waals surface area (Å²) in [5.74, 6) is 0. The summed E-state index contributed by atoms with van der Waals surface area (Å²) in [5.41, 5.74) is 12.1. The number of rotatable bonds is 3. The van der Waals surface area contributed by atoms with Crippen molar-refractivity contribution in [2.75, 3.05) is 6.54 Å². The van der Waals surface area contributed by atoms with Crippen molar-refractivity contribution in [3.05, 3.63) is 47.0 Å². The molecule has 1 unspecified atom stereocenters. The Labute approximate surface area is 117 Å². The van der Waals surface area contributed by atoms with Crippen molar-refractivity contribution >= 4 is 5.71 Å². The second-order valence-corrected chi connectivity index (χ2v) is 4.92. The van der Waals surface area contributed by atoms with E-state index < -0.39 is 0 Å². The molecule has 1 atom stereocenters. The minimum atomic E-state index is 0.228. The number of aryl methyl sites for hydroxylation is 1. The van der Waals surface area contributed by atoms with Gasteiger partial charge in [0.1, 0.15) is 0 Å². The van der Waals surface area contributed by atoms with Crippen LogP contribution in [0.4, 0.5) is 0 Å². The third-order valence-electron chi connectivity index (χ3n) is 3.27. The molecule has 1 aliphatic carbocycles. The molecule has 0 aromatic heterocycles. The summed E-state index contributed by atoms with van der Waals surface area (Å²) in [4.78, 5) is 4.52. The van der Waals surface area contributed by atoms with Crippen molar-refractivity contribution in [1.82, 2.24) is 0 Å². The summed E-state index contributed by atoms with van der Waals surface area (Å²) in [6.07, 6.45) is 2.17. The second kappa shape index (κ2) is 7.25. The third-order valence-corrected chi connectivity index (χ3v) is 3.27. The molecule has 0 spiro atoms. The number of benzene rings is 1. The van der Waals surface area contributed by atoms with Crippen LogP contribution in [0.5, 0.6) is 0 Å². The third kappa shape index (κ3) is 4.03. The highest BCUT2D eigenvalue weighted by molar-refractivity contribution is 5.99. The summed E-state index contributed by atoms with van der Waals surface area (Å²) in [6, 6.07) is 6.75. The van der Waals surface area contributed by atoms with E-state index >= 15 is 0 Å². The Kier molecular flexibility index (Phi) is 5.97. The molecule has 1 aromatic carbocycles. The van der Waals surface area contributed by atoms with E-state index in [1.165, 1.54) is 16.7 Å². The van der Waals surface area contributed by atoms with Gasteiger partial charge in [-0.1, -0.05) is 38.1 Å². The van der Waals surface area contributed by atoms with Crippen LogP contribution in [0.25, 0.3) is 0 Å². The molecule has 0 radical (unpaired) electrons. The zero-order chi connectivity index (χ0) is 14.4. The molecule has 2 rings (SSSR count). The average Bonchev–Trinajstić information content (AvgIpc) is 2.79. The van der Waals surface area contributed by atoms with E-state index in [0.717, 1.165) is 24.1 Å². The molecule has 19 heavy (non-hydrogen) atoms. The smallest absolute Gasteiger partial charge is 0.0597 e. The zero-order valence-corrected chi connectivity index (χ0v) is 12.7. The fourth-order valence-electron chi connectivity index (χ4n) is 2.22. The average molecular weight is 258 g/mol. The largest absolute Gasteiger partial charge is 0.324 e. The standard InChI is InChI=1S/C15H20N2.C2H6/c1-10(2)9-17-11(3)12-4-6-14-13(8-12)5-7-15(14)16;1-2/h4,6,8,15H,1,5,7,9,16H2,2-3H3;1-2H3. The molecule has 1 aliphatic rings. The zero-order valence-electron chi connectivity index (χ0n) is 12.7. The number of nitrogens with zero attached hydrogens (tertiary/aromatic N) is 1. The van der Waals surface area contributed by atoms with Gasteiger partial charge in [-0.2, -0.15) is 0 Å². The van der Waals surface area contributed by atoms with Gasteiger partial charge in [0.05, 0.1) is 6.54 Å². The molecule has 2 heteroatoms. The van der Waals surface area contributed by atoms with Crippen LogP contribution in [-0.4, -0.2) is 12.3 Å². The molecular formula is C17H26N2. The van der Waals surface area contributed by atoms with Crippen LogP contribution in [-0.2, 0) is 6.42 Å². The fourth-order valence-corrected chi connectivity index (χ4v) is 2.22. The normalized spacial score (nSPS) is 17.5. The maximum atomic E-state index is 6.03. The Hall–Kier alpha value is -1.41. The van der Waals surface area contributed by atoms with Crippen LogP contribution in [0.1, 0.15) is 56.8 Å². The van der Waals surface area contributed by atoms with Gasteiger partial charge >= 0.3 is 0 Å². The first-order valence-corrected chi connectivity index (χ1v) is 7.12. The first kappa shape index (κ1) is 15.6. The Morgan fingerprint density at radius 1 is 1.37 bits per heavy atom. The fraction of sp³-hybridized carbons (Fsp3) is 0.471. The quantitative estimate of drug-likeness (QED) is 0.645.